The monoisotopic (exact) mass is 524 g/mol. The van der Waals surface area contributed by atoms with Crippen molar-refractivity contribution in [2.45, 2.75) is 117 Å². The number of carbonyl (C=O) groups is 2. The van der Waals surface area contributed by atoms with Crippen LogP contribution in [0.25, 0.3) is 0 Å². The van der Waals surface area contributed by atoms with Crippen molar-refractivity contribution in [3.05, 3.63) is 0 Å². The Morgan fingerprint density at radius 3 is 1.59 bits per heavy atom. The minimum Gasteiger partial charge on any atom is -0.465 e. The van der Waals surface area contributed by atoms with Crippen LogP contribution < -0.4 is 0 Å². The SMILES string of the molecule is CCCCCCCCOC(=O)C(C)(CCCCCCI)C(=O)OCCCCCC. The van der Waals surface area contributed by atoms with Gasteiger partial charge in [-0.05, 0) is 37.0 Å². The largest absolute Gasteiger partial charge is 0.465 e. The van der Waals surface area contributed by atoms with Gasteiger partial charge >= 0.3 is 11.9 Å². The summed E-state index contributed by atoms with van der Waals surface area (Å²) in [4.78, 5) is 25.5. The molecule has 1 unspecified atom stereocenters. The Labute approximate surface area is 193 Å². The number of esters is 2. The highest BCUT2D eigenvalue weighted by Crippen LogP contribution is 2.29. The minimum absolute atomic E-state index is 0.397. The summed E-state index contributed by atoms with van der Waals surface area (Å²) in [5.74, 6) is -0.811. The Balaban J connectivity index is 4.50. The molecule has 0 rings (SSSR count). The lowest BCUT2D eigenvalue weighted by Gasteiger charge is -2.25. The molecule has 172 valence electrons. The zero-order chi connectivity index (χ0) is 21.8. The van der Waals surface area contributed by atoms with Gasteiger partial charge in [-0.25, -0.2) is 0 Å². The maximum Gasteiger partial charge on any atom is 0.323 e. The van der Waals surface area contributed by atoms with E-state index in [4.69, 9.17) is 9.47 Å². The number of alkyl halides is 1. The van der Waals surface area contributed by atoms with Gasteiger partial charge in [0.1, 0.15) is 0 Å². The molecule has 1 atom stereocenters. The third kappa shape index (κ3) is 14.3. The quantitative estimate of drug-likeness (QED) is 0.0547. The van der Waals surface area contributed by atoms with Gasteiger partial charge in [-0.15, -0.1) is 0 Å². The van der Waals surface area contributed by atoms with Gasteiger partial charge in [-0.2, -0.15) is 0 Å². The molecule has 0 aromatic heterocycles. The van der Waals surface area contributed by atoms with E-state index in [0.717, 1.165) is 62.2 Å². The molecule has 0 saturated carbocycles. The molecular formula is C24H45IO4. The fourth-order valence-corrected chi connectivity index (χ4v) is 3.81. The Hall–Kier alpha value is -0.330. The number of hydrogen-bond acceptors (Lipinski definition) is 4. The zero-order valence-corrected chi connectivity index (χ0v) is 21.4. The molecule has 0 spiro atoms. The first-order chi connectivity index (χ1) is 14.0. The van der Waals surface area contributed by atoms with Gasteiger partial charge < -0.3 is 9.47 Å². The number of rotatable bonds is 20. The molecule has 0 bridgehead atoms. The maximum absolute atomic E-state index is 12.8. The van der Waals surface area contributed by atoms with E-state index in [1.54, 1.807) is 6.92 Å². The average Bonchev–Trinajstić information content (AvgIpc) is 2.72. The first-order valence-corrected chi connectivity index (χ1v) is 13.5. The number of ether oxygens (including phenoxy) is 2. The van der Waals surface area contributed by atoms with E-state index in [0.29, 0.717) is 19.6 Å². The maximum atomic E-state index is 12.8. The Bertz CT molecular complexity index is 414. The molecular weight excluding hydrogens is 479 g/mol. The Morgan fingerprint density at radius 2 is 1.07 bits per heavy atom. The lowest BCUT2D eigenvalue weighted by Crippen LogP contribution is -2.39. The molecule has 29 heavy (non-hydrogen) atoms. The summed E-state index contributed by atoms with van der Waals surface area (Å²) in [5.41, 5.74) is -1.17. The van der Waals surface area contributed by atoms with E-state index in [9.17, 15) is 9.59 Å². The van der Waals surface area contributed by atoms with E-state index in [1.807, 2.05) is 0 Å². The van der Waals surface area contributed by atoms with Gasteiger partial charge in [0.2, 0.25) is 0 Å². The first-order valence-electron chi connectivity index (χ1n) is 11.9. The molecule has 0 aromatic rings. The normalized spacial score (nSPS) is 13.1. The van der Waals surface area contributed by atoms with E-state index >= 15 is 0 Å². The smallest absolute Gasteiger partial charge is 0.323 e. The summed E-state index contributed by atoms with van der Waals surface area (Å²) in [5, 5.41) is 0. The molecule has 0 aliphatic rings. The second-order valence-corrected chi connectivity index (χ2v) is 9.36. The van der Waals surface area contributed by atoms with Crippen LogP contribution in [0.2, 0.25) is 0 Å². The first kappa shape index (κ1) is 28.7. The third-order valence-corrected chi connectivity index (χ3v) is 6.19. The summed E-state index contributed by atoms with van der Waals surface area (Å²) in [6, 6.07) is 0. The van der Waals surface area contributed by atoms with E-state index in [2.05, 4.69) is 36.4 Å². The van der Waals surface area contributed by atoms with Crippen LogP contribution in [0, 0.1) is 5.41 Å². The highest BCUT2D eigenvalue weighted by atomic mass is 127. The van der Waals surface area contributed by atoms with Crippen molar-refractivity contribution < 1.29 is 19.1 Å². The molecule has 0 N–H and O–H groups in total. The van der Waals surface area contributed by atoms with Crippen molar-refractivity contribution in [3.63, 3.8) is 0 Å². The summed E-state index contributed by atoms with van der Waals surface area (Å²) in [6.45, 7) is 6.87. The minimum atomic E-state index is -1.17. The Kier molecular flexibility index (Phi) is 19.4. The number of hydrogen-bond donors (Lipinski definition) is 0. The Morgan fingerprint density at radius 1 is 0.655 bits per heavy atom. The van der Waals surface area contributed by atoms with Crippen molar-refractivity contribution in [2.24, 2.45) is 5.41 Å². The average molecular weight is 525 g/mol. The van der Waals surface area contributed by atoms with Crippen LogP contribution >= 0.6 is 22.6 Å². The van der Waals surface area contributed by atoms with Crippen LogP contribution in [-0.2, 0) is 19.1 Å². The molecule has 0 amide bonds. The fourth-order valence-electron chi connectivity index (χ4n) is 3.27. The molecule has 5 heteroatoms. The second kappa shape index (κ2) is 19.6. The van der Waals surface area contributed by atoms with Crippen LogP contribution in [-0.4, -0.2) is 29.6 Å². The highest BCUT2D eigenvalue weighted by molar-refractivity contribution is 14.1. The predicted octanol–water partition coefficient (Wildman–Crippen LogP) is 7.41. The zero-order valence-electron chi connectivity index (χ0n) is 19.2. The van der Waals surface area contributed by atoms with Gasteiger partial charge in [0.05, 0.1) is 13.2 Å². The molecule has 0 aromatic carbocycles. The molecule has 0 aliphatic carbocycles. The lowest BCUT2D eigenvalue weighted by atomic mass is 9.84. The molecule has 0 aliphatic heterocycles. The molecule has 0 radical (unpaired) electrons. The van der Waals surface area contributed by atoms with Crippen molar-refractivity contribution in [1.29, 1.82) is 0 Å². The van der Waals surface area contributed by atoms with Gasteiger partial charge in [0.25, 0.3) is 0 Å². The van der Waals surface area contributed by atoms with Gasteiger partial charge in [0.15, 0.2) is 5.41 Å². The van der Waals surface area contributed by atoms with Crippen molar-refractivity contribution >= 4 is 34.5 Å². The molecule has 0 saturated heterocycles. The fraction of sp³-hybridized carbons (Fsp3) is 0.917. The van der Waals surface area contributed by atoms with Crippen molar-refractivity contribution in [3.8, 4) is 0 Å². The number of carbonyl (C=O) groups excluding carboxylic acids is 2. The molecule has 0 heterocycles. The van der Waals surface area contributed by atoms with Crippen LogP contribution in [0.4, 0.5) is 0 Å². The third-order valence-electron chi connectivity index (χ3n) is 5.42. The van der Waals surface area contributed by atoms with Crippen LogP contribution in [0.5, 0.6) is 0 Å². The summed E-state index contributed by atoms with van der Waals surface area (Å²) in [7, 11) is 0. The highest BCUT2D eigenvalue weighted by Gasteiger charge is 2.43. The van der Waals surface area contributed by atoms with Crippen LogP contribution in [0.1, 0.15) is 117 Å². The van der Waals surface area contributed by atoms with Gasteiger partial charge in [-0.1, -0.05) is 107 Å². The lowest BCUT2D eigenvalue weighted by molar-refractivity contribution is -0.172. The second-order valence-electron chi connectivity index (χ2n) is 8.29. The van der Waals surface area contributed by atoms with Crippen molar-refractivity contribution in [1.82, 2.24) is 0 Å². The van der Waals surface area contributed by atoms with E-state index < -0.39 is 17.4 Å². The van der Waals surface area contributed by atoms with Gasteiger partial charge in [-0.3, -0.25) is 9.59 Å². The van der Waals surface area contributed by atoms with Crippen LogP contribution in [0.3, 0.4) is 0 Å². The van der Waals surface area contributed by atoms with E-state index in [1.165, 1.54) is 32.1 Å². The van der Waals surface area contributed by atoms with E-state index in [-0.39, 0.29) is 0 Å². The van der Waals surface area contributed by atoms with Crippen LogP contribution in [0.15, 0.2) is 0 Å². The molecule has 0 fully saturated rings. The number of halogens is 1. The summed E-state index contributed by atoms with van der Waals surface area (Å²) >= 11 is 2.38. The summed E-state index contributed by atoms with van der Waals surface area (Å²) < 4.78 is 12.1. The van der Waals surface area contributed by atoms with Gasteiger partial charge in [0, 0.05) is 0 Å². The molecule has 4 nitrogen and oxygen atoms in total. The standard InChI is InChI=1S/C24H45IO4/c1-4-6-8-10-13-17-21-29-23(27)24(3,18-14-11-12-15-19-25)22(26)28-20-16-9-7-5-2/h4-21H2,1-3H3. The topological polar surface area (TPSA) is 52.6 Å². The number of unbranched alkanes of at least 4 members (excludes halogenated alkanes) is 11. The predicted molar refractivity (Wildman–Crippen MR) is 130 cm³/mol. The van der Waals surface area contributed by atoms with Crippen molar-refractivity contribution in [2.75, 3.05) is 17.6 Å². The summed E-state index contributed by atoms with van der Waals surface area (Å²) in [6.07, 6.45) is 15.8.